The lowest BCUT2D eigenvalue weighted by molar-refractivity contribution is 0.116. The molecule has 0 aromatic rings. The van der Waals surface area contributed by atoms with Gasteiger partial charge < -0.3 is 5.73 Å². The van der Waals surface area contributed by atoms with E-state index in [4.69, 9.17) is 5.73 Å². The molecule has 0 bridgehead atoms. The first kappa shape index (κ1) is 14.3. The second-order valence-electron chi connectivity index (χ2n) is 6.63. The SMILES string of the molecule is CCCC1CCN(C2(CN)CCN(C(C)C)C2)C1. The maximum Gasteiger partial charge on any atom is 0.0470 e. The van der Waals surface area contributed by atoms with Crippen LogP contribution in [0.25, 0.3) is 0 Å². The molecular formula is C15H31N3. The number of hydrogen-bond donors (Lipinski definition) is 1. The van der Waals surface area contributed by atoms with Gasteiger partial charge in [0.1, 0.15) is 0 Å². The molecule has 2 heterocycles. The zero-order chi connectivity index (χ0) is 13.2. The minimum absolute atomic E-state index is 0.284. The number of nitrogens with two attached hydrogens (primary N) is 1. The molecule has 0 amide bonds. The fourth-order valence-corrected chi connectivity index (χ4v) is 3.79. The van der Waals surface area contributed by atoms with Crippen LogP contribution < -0.4 is 5.73 Å². The fraction of sp³-hybridized carbons (Fsp3) is 1.00. The summed E-state index contributed by atoms with van der Waals surface area (Å²) in [6.07, 6.45) is 5.37. The molecule has 18 heavy (non-hydrogen) atoms. The van der Waals surface area contributed by atoms with Gasteiger partial charge in [-0.15, -0.1) is 0 Å². The molecule has 2 fully saturated rings. The Morgan fingerprint density at radius 3 is 2.67 bits per heavy atom. The van der Waals surface area contributed by atoms with Crippen molar-refractivity contribution in [2.45, 2.75) is 58.0 Å². The van der Waals surface area contributed by atoms with Gasteiger partial charge in [-0.25, -0.2) is 0 Å². The zero-order valence-corrected chi connectivity index (χ0v) is 12.5. The predicted molar refractivity (Wildman–Crippen MR) is 77.7 cm³/mol. The lowest BCUT2D eigenvalue weighted by atomic mass is 9.96. The molecule has 0 spiro atoms. The molecule has 2 saturated heterocycles. The molecule has 106 valence electrons. The molecule has 2 rings (SSSR count). The summed E-state index contributed by atoms with van der Waals surface area (Å²) in [5.74, 6) is 0.923. The predicted octanol–water partition coefficient (Wildman–Crippen LogP) is 1.92. The van der Waals surface area contributed by atoms with E-state index < -0.39 is 0 Å². The molecule has 3 heteroatoms. The maximum atomic E-state index is 6.16. The van der Waals surface area contributed by atoms with Crippen LogP contribution in [0.5, 0.6) is 0 Å². The van der Waals surface area contributed by atoms with Gasteiger partial charge in [0, 0.05) is 37.8 Å². The Morgan fingerprint density at radius 1 is 1.33 bits per heavy atom. The average Bonchev–Trinajstić information content (AvgIpc) is 2.96. The molecule has 2 N–H and O–H groups in total. The zero-order valence-electron chi connectivity index (χ0n) is 12.5. The van der Waals surface area contributed by atoms with Gasteiger partial charge in [0.25, 0.3) is 0 Å². The van der Waals surface area contributed by atoms with E-state index >= 15 is 0 Å². The van der Waals surface area contributed by atoms with Crippen LogP contribution in [0.3, 0.4) is 0 Å². The van der Waals surface area contributed by atoms with Crippen LogP contribution >= 0.6 is 0 Å². The number of hydrogen-bond acceptors (Lipinski definition) is 3. The second-order valence-corrected chi connectivity index (χ2v) is 6.63. The van der Waals surface area contributed by atoms with Crippen molar-refractivity contribution >= 4 is 0 Å². The minimum Gasteiger partial charge on any atom is -0.329 e. The smallest absolute Gasteiger partial charge is 0.0470 e. The van der Waals surface area contributed by atoms with Gasteiger partial charge in [-0.3, -0.25) is 9.80 Å². The summed E-state index contributed by atoms with van der Waals surface area (Å²) in [7, 11) is 0. The van der Waals surface area contributed by atoms with Crippen LogP contribution in [0.1, 0.15) is 46.5 Å². The van der Waals surface area contributed by atoms with Crippen molar-refractivity contribution in [1.82, 2.24) is 9.80 Å². The lowest BCUT2D eigenvalue weighted by Crippen LogP contribution is -2.55. The minimum atomic E-state index is 0.284. The van der Waals surface area contributed by atoms with E-state index in [9.17, 15) is 0 Å². The van der Waals surface area contributed by atoms with Crippen molar-refractivity contribution < 1.29 is 0 Å². The largest absolute Gasteiger partial charge is 0.329 e. The van der Waals surface area contributed by atoms with Crippen molar-refractivity contribution in [3.05, 3.63) is 0 Å². The molecule has 2 unspecified atom stereocenters. The van der Waals surface area contributed by atoms with Crippen molar-refractivity contribution in [2.24, 2.45) is 11.7 Å². The molecule has 0 aromatic heterocycles. The highest BCUT2D eigenvalue weighted by molar-refractivity contribution is 5.02. The quantitative estimate of drug-likeness (QED) is 0.812. The van der Waals surface area contributed by atoms with Gasteiger partial charge in [-0.05, 0) is 45.6 Å². The Labute approximate surface area is 113 Å². The first-order valence-electron chi connectivity index (χ1n) is 7.80. The van der Waals surface area contributed by atoms with Gasteiger partial charge in [0.05, 0.1) is 0 Å². The molecule has 3 nitrogen and oxygen atoms in total. The molecule has 2 atom stereocenters. The van der Waals surface area contributed by atoms with Gasteiger partial charge in [-0.2, -0.15) is 0 Å². The van der Waals surface area contributed by atoms with Crippen molar-refractivity contribution in [1.29, 1.82) is 0 Å². The Morgan fingerprint density at radius 2 is 2.11 bits per heavy atom. The maximum absolute atomic E-state index is 6.16. The van der Waals surface area contributed by atoms with Crippen LogP contribution in [-0.4, -0.2) is 54.1 Å². The highest BCUT2D eigenvalue weighted by atomic mass is 15.3. The summed E-state index contributed by atoms with van der Waals surface area (Å²) >= 11 is 0. The molecule has 2 aliphatic rings. The number of rotatable bonds is 5. The summed E-state index contributed by atoms with van der Waals surface area (Å²) in [5, 5.41) is 0. The van der Waals surface area contributed by atoms with Gasteiger partial charge in [0.2, 0.25) is 0 Å². The third-order valence-electron chi connectivity index (χ3n) is 5.13. The Kier molecular flexibility index (Phi) is 4.68. The van der Waals surface area contributed by atoms with E-state index in [1.807, 2.05) is 0 Å². The van der Waals surface area contributed by atoms with Crippen LogP contribution in [0.2, 0.25) is 0 Å². The molecule has 0 saturated carbocycles. The van der Waals surface area contributed by atoms with Crippen molar-refractivity contribution in [2.75, 3.05) is 32.7 Å². The van der Waals surface area contributed by atoms with Crippen molar-refractivity contribution in [3.63, 3.8) is 0 Å². The third-order valence-corrected chi connectivity index (χ3v) is 5.13. The molecule has 0 aliphatic carbocycles. The van der Waals surface area contributed by atoms with Crippen LogP contribution in [-0.2, 0) is 0 Å². The highest BCUT2D eigenvalue weighted by Crippen LogP contribution is 2.34. The Balaban J connectivity index is 1.97. The highest BCUT2D eigenvalue weighted by Gasteiger charge is 2.44. The second kappa shape index (κ2) is 5.89. The molecule has 0 aromatic carbocycles. The molecule has 2 aliphatic heterocycles. The Bertz CT molecular complexity index is 266. The van der Waals surface area contributed by atoms with Gasteiger partial charge >= 0.3 is 0 Å². The fourth-order valence-electron chi connectivity index (χ4n) is 3.79. The van der Waals surface area contributed by atoms with Crippen LogP contribution in [0, 0.1) is 5.92 Å². The summed E-state index contributed by atoms with van der Waals surface area (Å²) in [4.78, 5) is 5.32. The van der Waals surface area contributed by atoms with Crippen molar-refractivity contribution in [3.8, 4) is 0 Å². The van der Waals surface area contributed by atoms with E-state index in [0.717, 1.165) is 12.5 Å². The first-order chi connectivity index (χ1) is 8.61. The summed E-state index contributed by atoms with van der Waals surface area (Å²) in [6, 6.07) is 0.660. The van der Waals surface area contributed by atoms with Gasteiger partial charge in [-0.1, -0.05) is 13.3 Å². The van der Waals surface area contributed by atoms with Gasteiger partial charge in [0.15, 0.2) is 0 Å². The van der Waals surface area contributed by atoms with E-state index in [0.29, 0.717) is 6.04 Å². The third kappa shape index (κ3) is 2.73. The monoisotopic (exact) mass is 253 g/mol. The van der Waals surface area contributed by atoms with Crippen LogP contribution in [0.15, 0.2) is 0 Å². The summed E-state index contributed by atoms with van der Waals surface area (Å²) in [6.45, 7) is 12.7. The molecule has 0 radical (unpaired) electrons. The topological polar surface area (TPSA) is 32.5 Å². The summed E-state index contributed by atoms with van der Waals surface area (Å²) < 4.78 is 0. The van der Waals surface area contributed by atoms with E-state index in [2.05, 4.69) is 30.6 Å². The summed E-state index contributed by atoms with van der Waals surface area (Å²) in [5.41, 5.74) is 6.45. The first-order valence-corrected chi connectivity index (χ1v) is 7.80. The number of nitrogens with zero attached hydrogens (tertiary/aromatic N) is 2. The van der Waals surface area contributed by atoms with E-state index in [1.54, 1.807) is 0 Å². The number of likely N-dealkylation sites (tertiary alicyclic amines) is 2. The standard InChI is InChI=1S/C15H31N3/c1-4-5-14-6-8-18(10-14)15(11-16)7-9-17(12-15)13(2)3/h13-14H,4-12,16H2,1-3H3. The van der Waals surface area contributed by atoms with Crippen LogP contribution in [0.4, 0.5) is 0 Å². The Hall–Kier alpha value is -0.120. The van der Waals surface area contributed by atoms with E-state index in [1.165, 1.54) is 51.9 Å². The van der Waals surface area contributed by atoms with E-state index in [-0.39, 0.29) is 5.54 Å². The normalized spacial score (nSPS) is 34.8. The average molecular weight is 253 g/mol. The molecular weight excluding hydrogens is 222 g/mol. The lowest BCUT2D eigenvalue weighted by Gasteiger charge is -2.38.